The number of anilines is 1. The quantitative estimate of drug-likeness (QED) is 0.852. The summed E-state index contributed by atoms with van der Waals surface area (Å²) >= 11 is 0. The Morgan fingerprint density at radius 1 is 1.14 bits per heavy atom. The van der Waals surface area contributed by atoms with Gasteiger partial charge in [-0.1, -0.05) is 30.3 Å². The summed E-state index contributed by atoms with van der Waals surface area (Å²) in [6, 6.07) is 12.3. The molecule has 6 heteroatoms. The minimum Gasteiger partial charge on any atom is -0.545 e. The Hall–Kier alpha value is -2.34. The molecule has 0 fully saturated rings. The summed E-state index contributed by atoms with van der Waals surface area (Å²) in [5.41, 5.74) is 1.62. The third-order valence-corrected chi connectivity index (χ3v) is 5.73. The molecule has 0 spiro atoms. The predicted molar refractivity (Wildman–Crippen MR) is 80.0 cm³/mol. The number of carbonyl (C=O) groups is 1. The number of sulfonamides is 1. The van der Waals surface area contributed by atoms with Crippen molar-refractivity contribution in [2.24, 2.45) is 0 Å². The van der Waals surface area contributed by atoms with E-state index in [1.165, 1.54) is 28.6 Å². The number of hydrogen-bond donors (Lipinski definition) is 0. The standard InChI is InChI=1S/C16H15NO4S/c1-11-10-13-4-2-3-5-15(13)17(11)22(20,21)14-8-6-12(7-9-14)16(18)19/h2-9,11H,10H2,1H3,(H,18,19)/p-1/t11-/m1/s1. The van der Waals surface area contributed by atoms with E-state index in [9.17, 15) is 18.3 Å². The monoisotopic (exact) mass is 316 g/mol. The van der Waals surface area contributed by atoms with Crippen LogP contribution in [-0.4, -0.2) is 20.4 Å². The van der Waals surface area contributed by atoms with Gasteiger partial charge in [-0.2, -0.15) is 0 Å². The van der Waals surface area contributed by atoms with Gasteiger partial charge < -0.3 is 9.90 Å². The molecule has 0 radical (unpaired) electrons. The molecule has 22 heavy (non-hydrogen) atoms. The van der Waals surface area contributed by atoms with E-state index in [-0.39, 0.29) is 16.5 Å². The van der Waals surface area contributed by atoms with E-state index < -0.39 is 16.0 Å². The molecule has 2 aromatic carbocycles. The Bertz CT molecular complexity index is 827. The Kier molecular flexibility index (Phi) is 3.41. The molecule has 0 saturated heterocycles. The summed E-state index contributed by atoms with van der Waals surface area (Å²) in [5, 5.41) is 10.8. The van der Waals surface area contributed by atoms with Gasteiger partial charge in [-0.05, 0) is 42.7 Å². The van der Waals surface area contributed by atoms with E-state index in [0.29, 0.717) is 12.1 Å². The number of carboxylic acids is 1. The van der Waals surface area contributed by atoms with Crippen LogP contribution in [0.5, 0.6) is 0 Å². The topological polar surface area (TPSA) is 77.5 Å². The first kappa shape index (κ1) is 14.6. The molecular weight excluding hydrogens is 302 g/mol. The van der Waals surface area contributed by atoms with Crippen LogP contribution in [0.2, 0.25) is 0 Å². The van der Waals surface area contributed by atoms with E-state index in [1.54, 1.807) is 12.1 Å². The van der Waals surface area contributed by atoms with Crippen LogP contribution in [0.25, 0.3) is 0 Å². The molecule has 1 atom stereocenters. The average Bonchev–Trinajstić information content (AvgIpc) is 2.83. The molecule has 1 aliphatic heterocycles. The molecule has 2 aromatic rings. The van der Waals surface area contributed by atoms with Gasteiger partial charge in [0, 0.05) is 6.04 Å². The molecule has 0 saturated carbocycles. The fourth-order valence-corrected chi connectivity index (χ4v) is 4.47. The SMILES string of the molecule is C[C@@H]1Cc2ccccc2N1S(=O)(=O)c1ccc(C(=O)[O-])cc1. The van der Waals surface area contributed by atoms with Gasteiger partial charge in [0.25, 0.3) is 10.0 Å². The van der Waals surface area contributed by atoms with Gasteiger partial charge in [-0.15, -0.1) is 0 Å². The lowest BCUT2D eigenvalue weighted by Crippen LogP contribution is -2.35. The van der Waals surface area contributed by atoms with Crippen LogP contribution in [0.15, 0.2) is 53.4 Å². The van der Waals surface area contributed by atoms with Gasteiger partial charge in [0.2, 0.25) is 0 Å². The number of fused-ring (bicyclic) bond motifs is 1. The number of aromatic carboxylic acids is 1. The van der Waals surface area contributed by atoms with Crippen LogP contribution in [0.1, 0.15) is 22.8 Å². The average molecular weight is 316 g/mol. The number of nitrogens with zero attached hydrogens (tertiary/aromatic N) is 1. The fourth-order valence-electron chi connectivity index (χ4n) is 2.78. The maximum absolute atomic E-state index is 12.9. The first-order chi connectivity index (χ1) is 10.4. The number of carbonyl (C=O) groups excluding carboxylic acids is 1. The summed E-state index contributed by atoms with van der Waals surface area (Å²) in [4.78, 5) is 10.8. The van der Waals surface area contributed by atoms with Crippen molar-refractivity contribution in [2.75, 3.05) is 4.31 Å². The maximum atomic E-state index is 12.9. The van der Waals surface area contributed by atoms with E-state index in [2.05, 4.69) is 0 Å². The highest BCUT2D eigenvalue weighted by Crippen LogP contribution is 2.36. The Balaban J connectivity index is 2.05. The number of hydrogen-bond acceptors (Lipinski definition) is 4. The minimum atomic E-state index is -3.72. The first-order valence-corrected chi connectivity index (χ1v) is 8.29. The van der Waals surface area contributed by atoms with Crippen LogP contribution in [0, 0.1) is 0 Å². The van der Waals surface area contributed by atoms with Gasteiger partial charge in [0.1, 0.15) is 0 Å². The molecule has 0 unspecified atom stereocenters. The summed E-state index contributed by atoms with van der Waals surface area (Å²) in [6.45, 7) is 1.85. The van der Waals surface area contributed by atoms with Crippen molar-refractivity contribution in [3.8, 4) is 0 Å². The highest BCUT2D eigenvalue weighted by molar-refractivity contribution is 7.92. The normalized spacial score (nSPS) is 17.3. The van der Waals surface area contributed by atoms with Crippen molar-refractivity contribution >= 4 is 21.7 Å². The lowest BCUT2D eigenvalue weighted by Gasteiger charge is -2.24. The third-order valence-electron chi connectivity index (χ3n) is 3.79. The van der Waals surface area contributed by atoms with Crippen LogP contribution >= 0.6 is 0 Å². The van der Waals surface area contributed by atoms with Gasteiger partial charge in [-0.25, -0.2) is 8.42 Å². The zero-order valence-corrected chi connectivity index (χ0v) is 12.7. The van der Waals surface area contributed by atoms with E-state index in [1.807, 2.05) is 19.1 Å². The second-order valence-corrected chi connectivity index (χ2v) is 7.11. The summed E-state index contributed by atoms with van der Waals surface area (Å²) in [7, 11) is -3.72. The molecule has 0 aromatic heterocycles. The van der Waals surface area contributed by atoms with Crippen molar-refractivity contribution in [3.63, 3.8) is 0 Å². The minimum absolute atomic E-state index is 0.0474. The van der Waals surface area contributed by atoms with E-state index in [4.69, 9.17) is 0 Å². The molecule has 1 heterocycles. The van der Waals surface area contributed by atoms with Crippen LogP contribution in [-0.2, 0) is 16.4 Å². The smallest absolute Gasteiger partial charge is 0.264 e. The molecular formula is C16H14NO4S-. The van der Waals surface area contributed by atoms with Crippen molar-refractivity contribution in [1.29, 1.82) is 0 Å². The van der Waals surface area contributed by atoms with E-state index in [0.717, 1.165) is 5.56 Å². The van der Waals surface area contributed by atoms with E-state index >= 15 is 0 Å². The first-order valence-electron chi connectivity index (χ1n) is 6.85. The molecule has 5 nitrogen and oxygen atoms in total. The van der Waals surface area contributed by atoms with Crippen molar-refractivity contribution < 1.29 is 18.3 Å². The van der Waals surface area contributed by atoms with Crippen LogP contribution in [0.4, 0.5) is 5.69 Å². The second-order valence-electron chi connectivity index (χ2n) is 5.29. The summed E-state index contributed by atoms with van der Waals surface area (Å²) in [5.74, 6) is -1.33. The Morgan fingerprint density at radius 2 is 1.77 bits per heavy atom. The fraction of sp³-hybridized carbons (Fsp3) is 0.188. The van der Waals surface area contributed by atoms with Crippen molar-refractivity contribution in [2.45, 2.75) is 24.3 Å². The number of para-hydroxylation sites is 1. The Labute approximate surface area is 128 Å². The lowest BCUT2D eigenvalue weighted by atomic mass is 10.1. The highest BCUT2D eigenvalue weighted by atomic mass is 32.2. The largest absolute Gasteiger partial charge is 0.545 e. The third kappa shape index (κ3) is 2.25. The Morgan fingerprint density at radius 3 is 2.41 bits per heavy atom. The van der Waals surface area contributed by atoms with Crippen molar-refractivity contribution in [3.05, 3.63) is 59.7 Å². The van der Waals surface area contributed by atoms with Gasteiger partial charge in [0.15, 0.2) is 0 Å². The van der Waals surface area contributed by atoms with Gasteiger partial charge in [0.05, 0.1) is 16.6 Å². The lowest BCUT2D eigenvalue weighted by molar-refractivity contribution is -0.255. The summed E-state index contributed by atoms with van der Waals surface area (Å²) in [6.07, 6.45) is 0.659. The van der Waals surface area contributed by atoms with Crippen LogP contribution in [0.3, 0.4) is 0 Å². The zero-order chi connectivity index (χ0) is 15.9. The van der Waals surface area contributed by atoms with Crippen LogP contribution < -0.4 is 9.41 Å². The van der Waals surface area contributed by atoms with Gasteiger partial charge >= 0.3 is 0 Å². The number of rotatable bonds is 3. The molecule has 0 amide bonds. The van der Waals surface area contributed by atoms with Crippen molar-refractivity contribution in [1.82, 2.24) is 0 Å². The molecule has 1 aliphatic rings. The molecule has 114 valence electrons. The number of benzene rings is 2. The molecule has 3 rings (SSSR count). The molecule has 0 bridgehead atoms. The maximum Gasteiger partial charge on any atom is 0.264 e. The zero-order valence-electron chi connectivity index (χ0n) is 11.9. The predicted octanol–water partition coefficient (Wildman–Crippen LogP) is 1.19. The van der Waals surface area contributed by atoms with Gasteiger partial charge in [-0.3, -0.25) is 4.31 Å². The molecule has 0 aliphatic carbocycles. The summed E-state index contributed by atoms with van der Waals surface area (Å²) < 4.78 is 27.1. The highest BCUT2D eigenvalue weighted by Gasteiger charge is 2.35. The number of carboxylic acid groups (broad SMARTS) is 1. The second kappa shape index (κ2) is 5.14. The molecule has 0 N–H and O–H groups in total.